The van der Waals surface area contributed by atoms with E-state index < -0.39 is 10.0 Å². The van der Waals surface area contributed by atoms with E-state index in [0.717, 1.165) is 22.1 Å². The summed E-state index contributed by atoms with van der Waals surface area (Å²) in [6.45, 7) is 5.64. The third-order valence-corrected chi connectivity index (χ3v) is 6.14. The Bertz CT molecular complexity index is 1070. The second-order valence-electron chi connectivity index (χ2n) is 6.87. The summed E-state index contributed by atoms with van der Waals surface area (Å²) >= 11 is 0. The summed E-state index contributed by atoms with van der Waals surface area (Å²) in [5.41, 5.74) is 2.69. The van der Waals surface area contributed by atoms with Crippen molar-refractivity contribution in [1.82, 2.24) is 10.0 Å². The van der Waals surface area contributed by atoms with Crippen LogP contribution in [0.4, 0.5) is 0 Å². The molecule has 0 saturated carbocycles. The predicted octanol–water partition coefficient (Wildman–Crippen LogP) is 3.60. The van der Waals surface area contributed by atoms with Crippen molar-refractivity contribution in [1.29, 1.82) is 0 Å². The molecule has 0 aliphatic rings. The van der Waals surface area contributed by atoms with Gasteiger partial charge in [0.25, 0.3) is 0 Å². The third-order valence-electron chi connectivity index (χ3n) is 4.68. The van der Waals surface area contributed by atoms with Gasteiger partial charge in [-0.05, 0) is 56.2 Å². The van der Waals surface area contributed by atoms with Crippen LogP contribution in [0.3, 0.4) is 0 Å². The van der Waals surface area contributed by atoms with Crippen molar-refractivity contribution < 1.29 is 17.6 Å². The molecule has 0 spiro atoms. The molecule has 0 aliphatic heterocycles. The van der Waals surface area contributed by atoms with Crippen molar-refractivity contribution in [2.24, 2.45) is 0 Å². The summed E-state index contributed by atoms with van der Waals surface area (Å²) in [4.78, 5) is 12.4. The molecule has 0 saturated heterocycles. The van der Waals surface area contributed by atoms with Gasteiger partial charge in [0, 0.05) is 18.4 Å². The average molecular weight is 401 g/mol. The number of nitrogens with one attached hydrogen (secondary N) is 2. The molecule has 6 nitrogen and oxygen atoms in total. The number of sulfonamides is 1. The fourth-order valence-electron chi connectivity index (χ4n) is 2.86. The minimum atomic E-state index is -3.64. The highest BCUT2D eigenvalue weighted by molar-refractivity contribution is 7.89. The van der Waals surface area contributed by atoms with E-state index in [9.17, 15) is 13.2 Å². The zero-order chi connectivity index (χ0) is 20.3. The normalized spacial score (nSPS) is 12.8. The molecule has 7 heteroatoms. The summed E-state index contributed by atoms with van der Waals surface area (Å²) in [7, 11) is -3.64. The second kappa shape index (κ2) is 8.16. The monoisotopic (exact) mass is 400 g/mol. The van der Waals surface area contributed by atoms with E-state index in [1.807, 2.05) is 51.1 Å². The van der Waals surface area contributed by atoms with Gasteiger partial charge in [0.1, 0.15) is 11.3 Å². The van der Waals surface area contributed by atoms with Crippen molar-refractivity contribution >= 4 is 26.9 Å². The van der Waals surface area contributed by atoms with Gasteiger partial charge in [-0.3, -0.25) is 4.79 Å². The first-order chi connectivity index (χ1) is 13.3. The second-order valence-corrected chi connectivity index (χ2v) is 8.64. The highest BCUT2D eigenvalue weighted by Crippen LogP contribution is 2.23. The molecule has 0 radical (unpaired) electrons. The van der Waals surface area contributed by atoms with Gasteiger partial charge < -0.3 is 9.73 Å². The molecule has 0 bridgehead atoms. The number of para-hydroxylation sites is 1. The average Bonchev–Trinajstić information content (AvgIpc) is 3.08. The van der Waals surface area contributed by atoms with Crippen LogP contribution < -0.4 is 10.0 Å². The number of furan rings is 1. The fraction of sp³-hybridized carbons (Fsp3) is 0.286. The number of carbonyl (C=O) groups excluding carboxylic acids is 1. The van der Waals surface area contributed by atoms with Crippen LogP contribution in [0.5, 0.6) is 0 Å². The number of amides is 1. The number of carbonyl (C=O) groups is 1. The van der Waals surface area contributed by atoms with E-state index in [4.69, 9.17) is 4.42 Å². The summed E-state index contributed by atoms with van der Waals surface area (Å²) in [5.74, 6) is 0.404. The van der Waals surface area contributed by atoms with Crippen LogP contribution in [-0.2, 0) is 14.8 Å². The lowest BCUT2D eigenvalue weighted by atomic mass is 10.1. The third kappa shape index (κ3) is 4.61. The van der Waals surface area contributed by atoms with Gasteiger partial charge >= 0.3 is 0 Å². The summed E-state index contributed by atoms with van der Waals surface area (Å²) in [6.07, 6.45) is 0.0364. The quantitative estimate of drug-likeness (QED) is 0.634. The molecule has 1 aromatic heterocycles. The Balaban J connectivity index is 1.54. The summed E-state index contributed by atoms with van der Waals surface area (Å²) in [6, 6.07) is 14.2. The number of fused-ring (bicyclic) bond motifs is 1. The Morgan fingerprint density at radius 3 is 2.54 bits per heavy atom. The van der Waals surface area contributed by atoms with Crippen LogP contribution in [0, 0.1) is 13.8 Å². The number of hydrogen-bond donors (Lipinski definition) is 2. The van der Waals surface area contributed by atoms with Crippen LogP contribution in [0.2, 0.25) is 0 Å². The molecule has 1 atom stereocenters. The number of hydrogen-bond acceptors (Lipinski definition) is 4. The maximum Gasteiger partial charge on any atom is 0.240 e. The van der Waals surface area contributed by atoms with Gasteiger partial charge in [0.05, 0.1) is 10.9 Å². The van der Waals surface area contributed by atoms with Crippen molar-refractivity contribution in [3.05, 3.63) is 65.4 Å². The summed E-state index contributed by atoms with van der Waals surface area (Å²) in [5, 5.41) is 3.80. The largest absolute Gasteiger partial charge is 0.459 e. The lowest BCUT2D eigenvalue weighted by molar-refractivity contribution is -0.121. The predicted molar refractivity (Wildman–Crippen MR) is 108 cm³/mol. The van der Waals surface area contributed by atoms with Gasteiger partial charge in [-0.25, -0.2) is 13.1 Å². The molecule has 0 fully saturated rings. The lowest BCUT2D eigenvalue weighted by Crippen LogP contribution is -2.32. The van der Waals surface area contributed by atoms with Gasteiger partial charge in [-0.2, -0.15) is 0 Å². The van der Waals surface area contributed by atoms with Crippen LogP contribution in [0.15, 0.2) is 57.8 Å². The Hall–Kier alpha value is -2.64. The molecule has 148 valence electrons. The molecule has 0 unspecified atom stereocenters. The molecule has 1 amide bonds. The van der Waals surface area contributed by atoms with Crippen LogP contribution in [0.25, 0.3) is 11.0 Å². The van der Waals surface area contributed by atoms with E-state index in [1.54, 1.807) is 18.2 Å². The molecule has 3 aromatic rings. The van der Waals surface area contributed by atoms with Crippen LogP contribution in [0.1, 0.15) is 36.3 Å². The molecule has 2 N–H and O–H groups in total. The smallest absolute Gasteiger partial charge is 0.240 e. The molecule has 0 aliphatic carbocycles. The van der Waals surface area contributed by atoms with Gasteiger partial charge in [-0.1, -0.05) is 24.3 Å². The number of benzene rings is 2. The Morgan fingerprint density at radius 2 is 1.82 bits per heavy atom. The maximum absolute atomic E-state index is 12.4. The minimum Gasteiger partial charge on any atom is -0.459 e. The zero-order valence-corrected chi connectivity index (χ0v) is 17.0. The standard InChI is InChI=1S/C21H24N2O4S/c1-14-8-9-18(12-15(14)2)28(25,26)22-11-10-21(24)23-16(3)20-13-17-6-4-5-7-19(17)27-20/h4-9,12-13,16,22H,10-11H2,1-3H3,(H,23,24)/t16-/m1/s1. The van der Waals surface area contributed by atoms with Crippen molar-refractivity contribution in [3.8, 4) is 0 Å². The van der Waals surface area contributed by atoms with Crippen molar-refractivity contribution in [3.63, 3.8) is 0 Å². The maximum atomic E-state index is 12.4. The Kier molecular flexibility index (Phi) is 5.86. The first-order valence-electron chi connectivity index (χ1n) is 9.11. The first kappa shape index (κ1) is 20.1. The summed E-state index contributed by atoms with van der Waals surface area (Å²) < 4.78 is 32.9. The van der Waals surface area contributed by atoms with E-state index in [1.165, 1.54) is 0 Å². The first-order valence-corrected chi connectivity index (χ1v) is 10.6. The molecular weight excluding hydrogens is 376 g/mol. The van der Waals surface area contributed by atoms with E-state index in [-0.39, 0.29) is 29.8 Å². The van der Waals surface area contributed by atoms with Crippen LogP contribution in [-0.4, -0.2) is 20.9 Å². The van der Waals surface area contributed by atoms with E-state index in [2.05, 4.69) is 10.0 Å². The Morgan fingerprint density at radius 1 is 1.07 bits per heavy atom. The molecule has 28 heavy (non-hydrogen) atoms. The van der Waals surface area contributed by atoms with Crippen molar-refractivity contribution in [2.75, 3.05) is 6.54 Å². The highest BCUT2D eigenvalue weighted by Gasteiger charge is 2.17. The molecular formula is C21H24N2O4S. The van der Waals surface area contributed by atoms with E-state index >= 15 is 0 Å². The zero-order valence-electron chi connectivity index (χ0n) is 16.2. The SMILES string of the molecule is Cc1ccc(S(=O)(=O)NCCC(=O)N[C@H](C)c2cc3ccccc3o2)cc1C. The topological polar surface area (TPSA) is 88.4 Å². The molecule has 1 heterocycles. The van der Waals surface area contributed by atoms with Gasteiger partial charge in [-0.15, -0.1) is 0 Å². The van der Waals surface area contributed by atoms with Crippen molar-refractivity contribution in [2.45, 2.75) is 38.1 Å². The number of aryl methyl sites for hydroxylation is 2. The van der Waals surface area contributed by atoms with Crippen LogP contribution >= 0.6 is 0 Å². The van der Waals surface area contributed by atoms with Gasteiger partial charge in [0.2, 0.25) is 15.9 Å². The Labute approximate surface area is 165 Å². The molecule has 3 rings (SSSR count). The lowest BCUT2D eigenvalue weighted by Gasteiger charge is -2.12. The number of rotatable bonds is 7. The van der Waals surface area contributed by atoms with E-state index in [0.29, 0.717) is 5.76 Å². The minimum absolute atomic E-state index is 0.0218. The molecule has 2 aromatic carbocycles. The van der Waals surface area contributed by atoms with Gasteiger partial charge in [0.15, 0.2) is 0 Å². The highest BCUT2D eigenvalue weighted by atomic mass is 32.2. The fourth-order valence-corrected chi connectivity index (χ4v) is 3.98.